The first-order valence-corrected chi connectivity index (χ1v) is 12.3. The molecule has 0 atom stereocenters. The van der Waals surface area contributed by atoms with Crippen molar-refractivity contribution in [1.82, 2.24) is 5.32 Å². The van der Waals surface area contributed by atoms with Crippen molar-refractivity contribution < 1.29 is 13.9 Å². The number of carbonyl (C=O) groups excluding carboxylic acids is 1. The molecule has 3 aromatic rings. The van der Waals surface area contributed by atoms with E-state index in [1.165, 1.54) is 6.42 Å². The molecule has 2 aromatic carbocycles. The summed E-state index contributed by atoms with van der Waals surface area (Å²) in [7, 11) is 0. The fourth-order valence-electron chi connectivity index (χ4n) is 4.40. The molecule has 6 heteroatoms. The van der Waals surface area contributed by atoms with Crippen molar-refractivity contribution in [2.45, 2.75) is 71.3 Å². The van der Waals surface area contributed by atoms with Gasteiger partial charge in [-0.05, 0) is 48.4 Å². The van der Waals surface area contributed by atoms with E-state index in [-0.39, 0.29) is 35.1 Å². The fraction of sp³-hybridized carbons (Fsp3) is 0.429. The minimum Gasteiger partial charge on any atom is -0.476 e. The molecule has 0 unspecified atom stereocenters. The number of amides is 1. The van der Waals surface area contributed by atoms with E-state index in [4.69, 9.17) is 20.8 Å². The van der Waals surface area contributed by atoms with Crippen LogP contribution in [0.25, 0.3) is 22.3 Å². The van der Waals surface area contributed by atoms with Crippen LogP contribution in [0.1, 0.15) is 64.0 Å². The number of benzene rings is 2. The highest BCUT2D eigenvalue weighted by atomic mass is 35.5. The minimum atomic E-state index is -0.344. The standard InChI is InChI=1S/C28H32ClNO4/c1-17-14-23-21(15-22(17)29)25(32)27(33-16-24(31)30-20-8-6-5-7-9-20)26(34-23)18-10-12-19(13-11-18)28(2,3)4/h10-15,20H,5-9,16H2,1-4H3,(H,30,31). The van der Waals surface area contributed by atoms with Crippen molar-refractivity contribution >= 4 is 28.5 Å². The van der Waals surface area contributed by atoms with E-state index in [0.29, 0.717) is 27.3 Å². The Kier molecular flexibility index (Phi) is 7.04. The summed E-state index contributed by atoms with van der Waals surface area (Å²) in [5.74, 6) is 0.0993. The minimum absolute atomic E-state index is 0.00679. The van der Waals surface area contributed by atoms with Crippen molar-refractivity contribution in [3.05, 3.63) is 62.8 Å². The van der Waals surface area contributed by atoms with Crippen LogP contribution in [0.3, 0.4) is 0 Å². The normalized spacial score (nSPS) is 14.9. The summed E-state index contributed by atoms with van der Waals surface area (Å²) < 4.78 is 12.0. The SMILES string of the molecule is Cc1cc2oc(-c3ccc(C(C)(C)C)cc3)c(OCC(=O)NC3CCCCC3)c(=O)c2cc1Cl. The first kappa shape index (κ1) is 24.3. The molecule has 34 heavy (non-hydrogen) atoms. The molecule has 1 saturated carbocycles. The van der Waals surface area contributed by atoms with Crippen LogP contribution in [0.5, 0.6) is 5.75 Å². The summed E-state index contributed by atoms with van der Waals surface area (Å²) in [4.78, 5) is 26.0. The number of halogens is 1. The first-order valence-electron chi connectivity index (χ1n) is 11.9. The molecule has 1 N–H and O–H groups in total. The van der Waals surface area contributed by atoms with Gasteiger partial charge in [0, 0.05) is 16.6 Å². The number of hydrogen-bond donors (Lipinski definition) is 1. The highest BCUT2D eigenvalue weighted by Crippen LogP contribution is 2.34. The zero-order chi connectivity index (χ0) is 24.5. The largest absolute Gasteiger partial charge is 0.476 e. The molecule has 1 aromatic heterocycles. The van der Waals surface area contributed by atoms with Crippen LogP contribution in [-0.4, -0.2) is 18.6 Å². The Morgan fingerprint density at radius 3 is 2.44 bits per heavy atom. The molecule has 1 aliphatic carbocycles. The van der Waals surface area contributed by atoms with Gasteiger partial charge in [0.2, 0.25) is 11.2 Å². The summed E-state index contributed by atoms with van der Waals surface area (Å²) in [5, 5.41) is 3.83. The molecule has 4 rings (SSSR count). The molecular formula is C28H32ClNO4. The lowest BCUT2D eigenvalue weighted by atomic mass is 9.86. The van der Waals surface area contributed by atoms with E-state index < -0.39 is 0 Å². The van der Waals surface area contributed by atoms with Crippen LogP contribution in [0, 0.1) is 6.92 Å². The van der Waals surface area contributed by atoms with Gasteiger partial charge in [-0.25, -0.2) is 0 Å². The molecule has 0 radical (unpaired) electrons. The quantitative estimate of drug-likeness (QED) is 0.448. The molecule has 1 fully saturated rings. The molecule has 0 bridgehead atoms. The molecule has 0 aliphatic heterocycles. The van der Waals surface area contributed by atoms with Crippen molar-refractivity contribution in [2.75, 3.05) is 6.61 Å². The van der Waals surface area contributed by atoms with Crippen LogP contribution < -0.4 is 15.5 Å². The van der Waals surface area contributed by atoms with Gasteiger partial charge < -0.3 is 14.5 Å². The van der Waals surface area contributed by atoms with Crippen LogP contribution >= 0.6 is 11.6 Å². The van der Waals surface area contributed by atoms with Crippen molar-refractivity contribution in [1.29, 1.82) is 0 Å². The van der Waals surface area contributed by atoms with E-state index in [1.54, 1.807) is 12.1 Å². The average Bonchev–Trinajstić information content (AvgIpc) is 2.80. The maximum absolute atomic E-state index is 13.4. The Balaban J connectivity index is 1.70. The molecule has 1 amide bonds. The third kappa shape index (κ3) is 5.30. The van der Waals surface area contributed by atoms with Gasteiger partial charge in [0.05, 0.1) is 5.39 Å². The van der Waals surface area contributed by atoms with E-state index in [2.05, 4.69) is 26.1 Å². The van der Waals surface area contributed by atoms with Gasteiger partial charge in [-0.15, -0.1) is 0 Å². The van der Waals surface area contributed by atoms with Crippen LogP contribution in [-0.2, 0) is 10.2 Å². The predicted octanol–water partition coefficient (Wildman–Crippen LogP) is 6.55. The fourth-order valence-corrected chi connectivity index (χ4v) is 4.56. The lowest BCUT2D eigenvalue weighted by molar-refractivity contribution is -0.124. The van der Waals surface area contributed by atoms with Crippen molar-refractivity contribution in [3.8, 4) is 17.1 Å². The maximum Gasteiger partial charge on any atom is 0.258 e. The Morgan fingerprint density at radius 1 is 1.12 bits per heavy atom. The van der Waals surface area contributed by atoms with Crippen molar-refractivity contribution in [2.24, 2.45) is 0 Å². The van der Waals surface area contributed by atoms with Crippen LogP contribution in [0.4, 0.5) is 0 Å². The summed E-state index contributed by atoms with van der Waals surface area (Å²) in [6.45, 7) is 8.04. The maximum atomic E-state index is 13.4. The van der Waals surface area contributed by atoms with Gasteiger partial charge >= 0.3 is 0 Å². The second-order valence-corrected chi connectivity index (χ2v) is 10.6. The lowest BCUT2D eigenvalue weighted by Gasteiger charge is -2.22. The Labute approximate surface area is 205 Å². The lowest BCUT2D eigenvalue weighted by Crippen LogP contribution is -2.39. The van der Waals surface area contributed by atoms with E-state index in [0.717, 1.165) is 36.8 Å². The highest BCUT2D eigenvalue weighted by molar-refractivity contribution is 6.32. The van der Waals surface area contributed by atoms with Gasteiger partial charge in [-0.1, -0.05) is 75.9 Å². The molecule has 1 aliphatic rings. The number of fused-ring (bicyclic) bond motifs is 1. The molecule has 180 valence electrons. The number of nitrogens with one attached hydrogen (secondary N) is 1. The smallest absolute Gasteiger partial charge is 0.258 e. The van der Waals surface area contributed by atoms with E-state index >= 15 is 0 Å². The van der Waals surface area contributed by atoms with Crippen molar-refractivity contribution in [3.63, 3.8) is 0 Å². The number of carbonyl (C=O) groups is 1. The van der Waals surface area contributed by atoms with Crippen LogP contribution in [0.2, 0.25) is 5.02 Å². The molecule has 5 nitrogen and oxygen atoms in total. The van der Waals surface area contributed by atoms with Gasteiger partial charge in [-0.3, -0.25) is 9.59 Å². The van der Waals surface area contributed by atoms with Gasteiger partial charge in [0.1, 0.15) is 5.58 Å². The van der Waals surface area contributed by atoms with E-state index in [1.807, 2.05) is 31.2 Å². The Hall–Kier alpha value is -2.79. The molecule has 1 heterocycles. The second-order valence-electron chi connectivity index (χ2n) is 10.2. The topological polar surface area (TPSA) is 68.5 Å². The first-order chi connectivity index (χ1) is 16.1. The third-order valence-electron chi connectivity index (χ3n) is 6.46. The third-order valence-corrected chi connectivity index (χ3v) is 6.87. The Morgan fingerprint density at radius 2 is 1.79 bits per heavy atom. The average molecular weight is 482 g/mol. The number of ether oxygens (including phenoxy) is 1. The number of aryl methyl sites for hydroxylation is 1. The molecular weight excluding hydrogens is 450 g/mol. The second kappa shape index (κ2) is 9.83. The van der Waals surface area contributed by atoms with Gasteiger partial charge in [0.25, 0.3) is 5.91 Å². The zero-order valence-corrected chi connectivity index (χ0v) is 21.1. The highest BCUT2D eigenvalue weighted by Gasteiger charge is 2.22. The van der Waals surface area contributed by atoms with Gasteiger partial charge in [0.15, 0.2) is 12.4 Å². The van der Waals surface area contributed by atoms with Gasteiger partial charge in [-0.2, -0.15) is 0 Å². The number of hydrogen-bond acceptors (Lipinski definition) is 4. The van der Waals surface area contributed by atoms with E-state index in [9.17, 15) is 9.59 Å². The Bertz CT molecular complexity index is 1250. The zero-order valence-electron chi connectivity index (χ0n) is 20.3. The monoisotopic (exact) mass is 481 g/mol. The summed E-state index contributed by atoms with van der Waals surface area (Å²) in [5.41, 5.74) is 2.77. The number of rotatable bonds is 5. The molecule has 0 saturated heterocycles. The molecule has 0 spiro atoms. The summed E-state index contributed by atoms with van der Waals surface area (Å²) >= 11 is 6.28. The predicted molar refractivity (Wildman–Crippen MR) is 137 cm³/mol. The summed E-state index contributed by atoms with van der Waals surface area (Å²) in [6.07, 6.45) is 5.41. The summed E-state index contributed by atoms with van der Waals surface area (Å²) in [6, 6.07) is 11.4. The van der Waals surface area contributed by atoms with Crippen LogP contribution in [0.15, 0.2) is 45.6 Å².